The van der Waals surface area contributed by atoms with Crippen molar-refractivity contribution < 1.29 is 18.7 Å². The summed E-state index contributed by atoms with van der Waals surface area (Å²) < 4.78 is 19.0. The molecule has 2 aromatic carbocycles. The zero-order chi connectivity index (χ0) is 20.9. The minimum atomic E-state index is -0.309. The van der Waals surface area contributed by atoms with Gasteiger partial charge >= 0.3 is 0 Å². The molecule has 4 rings (SSSR count). The molecule has 0 atom stereocenters. The number of carbonyl (C=O) groups is 2. The van der Waals surface area contributed by atoms with Crippen LogP contribution < -0.4 is 15.0 Å². The van der Waals surface area contributed by atoms with E-state index in [2.05, 4.69) is 10.3 Å². The number of amides is 2. The van der Waals surface area contributed by atoms with Gasteiger partial charge in [-0.05, 0) is 36.2 Å². The maximum Gasteiger partial charge on any atom is 0.230 e. The van der Waals surface area contributed by atoms with Gasteiger partial charge in [0.15, 0.2) is 5.13 Å². The lowest BCUT2D eigenvalue weighted by atomic mass is 10.2. The summed E-state index contributed by atoms with van der Waals surface area (Å²) in [5, 5.41) is 5.28. The van der Waals surface area contributed by atoms with Gasteiger partial charge in [-0.2, -0.15) is 0 Å². The van der Waals surface area contributed by atoms with Crippen LogP contribution in [0.2, 0.25) is 0 Å². The fraction of sp³-hybridized carbons (Fsp3) is 0.227. The van der Waals surface area contributed by atoms with Crippen molar-refractivity contribution >= 4 is 34.0 Å². The summed E-state index contributed by atoms with van der Waals surface area (Å²) in [6.07, 6.45) is 1.51. The molecule has 1 aromatic heterocycles. The topological polar surface area (TPSA) is 71.5 Å². The van der Waals surface area contributed by atoms with Crippen molar-refractivity contribution in [1.82, 2.24) is 4.98 Å². The number of nitrogens with one attached hydrogen (secondary N) is 1. The Hall–Kier alpha value is -3.26. The van der Waals surface area contributed by atoms with Crippen molar-refractivity contribution in [3.05, 3.63) is 71.0 Å². The van der Waals surface area contributed by atoms with Crippen LogP contribution in [0.25, 0.3) is 0 Å². The second-order valence-electron chi connectivity index (χ2n) is 6.94. The number of benzene rings is 2. The van der Waals surface area contributed by atoms with E-state index in [0.717, 1.165) is 12.0 Å². The Labute approximate surface area is 177 Å². The monoisotopic (exact) mass is 425 g/mol. The fourth-order valence-electron chi connectivity index (χ4n) is 3.18. The average molecular weight is 425 g/mol. The van der Waals surface area contributed by atoms with Crippen LogP contribution in [0.1, 0.15) is 24.1 Å². The molecule has 1 aliphatic rings. The number of halogens is 1. The third-order valence-electron chi connectivity index (χ3n) is 4.60. The van der Waals surface area contributed by atoms with Crippen molar-refractivity contribution in [2.75, 3.05) is 16.8 Å². The molecule has 3 aromatic rings. The first kappa shape index (κ1) is 20.0. The number of rotatable bonds is 7. The summed E-state index contributed by atoms with van der Waals surface area (Å²) >= 11 is 1.37. The molecule has 2 amide bonds. The van der Waals surface area contributed by atoms with Gasteiger partial charge in [0.2, 0.25) is 11.8 Å². The van der Waals surface area contributed by atoms with Crippen LogP contribution >= 0.6 is 11.3 Å². The van der Waals surface area contributed by atoms with Crippen LogP contribution in [0.15, 0.2) is 53.9 Å². The van der Waals surface area contributed by atoms with Crippen molar-refractivity contribution in [2.45, 2.75) is 25.9 Å². The Balaban J connectivity index is 1.33. The standard InChI is InChI=1S/C22H20FN3O3S/c23-16-5-1-4-15(10-16)13-29-19-7-2-6-17(11-19)24-20(27)12-18-14-30-22(25-18)26-9-3-8-21(26)28/h1-2,4-7,10-11,14H,3,8-9,12-13H2,(H,24,27). The molecule has 0 saturated carbocycles. The lowest BCUT2D eigenvalue weighted by Gasteiger charge is -2.10. The van der Waals surface area contributed by atoms with E-state index in [1.165, 1.54) is 23.5 Å². The number of hydrogen-bond donors (Lipinski definition) is 1. The Kier molecular flexibility index (Phi) is 6.04. The predicted octanol–water partition coefficient (Wildman–Crippen LogP) is 4.17. The Morgan fingerprint density at radius 1 is 1.23 bits per heavy atom. The molecule has 30 heavy (non-hydrogen) atoms. The number of aromatic nitrogens is 1. The minimum Gasteiger partial charge on any atom is -0.489 e. The first-order chi connectivity index (χ1) is 14.6. The summed E-state index contributed by atoms with van der Waals surface area (Å²) in [5.41, 5.74) is 1.95. The van der Waals surface area contributed by atoms with Gasteiger partial charge in [-0.15, -0.1) is 11.3 Å². The Morgan fingerprint density at radius 3 is 2.90 bits per heavy atom. The van der Waals surface area contributed by atoms with Crippen LogP contribution in [0.4, 0.5) is 15.2 Å². The smallest absolute Gasteiger partial charge is 0.230 e. The molecule has 1 fully saturated rings. The quantitative estimate of drug-likeness (QED) is 0.617. The van der Waals surface area contributed by atoms with Crippen LogP contribution in [-0.4, -0.2) is 23.3 Å². The zero-order valence-electron chi connectivity index (χ0n) is 16.1. The molecule has 2 heterocycles. The molecular formula is C22H20FN3O3S. The highest BCUT2D eigenvalue weighted by molar-refractivity contribution is 7.14. The number of ether oxygens (including phenoxy) is 1. The second kappa shape index (κ2) is 9.04. The highest BCUT2D eigenvalue weighted by atomic mass is 32.1. The van der Waals surface area contributed by atoms with Crippen LogP contribution in [-0.2, 0) is 22.6 Å². The largest absolute Gasteiger partial charge is 0.489 e. The normalized spacial score (nSPS) is 13.5. The van der Waals surface area contributed by atoms with Gasteiger partial charge in [0, 0.05) is 30.1 Å². The predicted molar refractivity (Wildman–Crippen MR) is 113 cm³/mol. The molecule has 0 unspecified atom stereocenters. The molecule has 0 radical (unpaired) electrons. The first-order valence-electron chi connectivity index (χ1n) is 9.59. The Bertz CT molecular complexity index is 1070. The number of carbonyl (C=O) groups excluding carboxylic acids is 2. The molecule has 1 saturated heterocycles. The van der Waals surface area contributed by atoms with E-state index in [9.17, 15) is 14.0 Å². The SMILES string of the molecule is O=C(Cc1csc(N2CCCC2=O)n1)Nc1cccc(OCc2cccc(F)c2)c1. The molecule has 1 N–H and O–H groups in total. The van der Waals surface area contributed by atoms with Gasteiger partial charge in [-0.3, -0.25) is 14.5 Å². The van der Waals surface area contributed by atoms with Gasteiger partial charge in [-0.25, -0.2) is 9.37 Å². The van der Waals surface area contributed by atoms with Gasteiger partial charge < -0.3 is 10.1 Å². The molecule has 0 aliphatic carbocycles. The van der Waals surface area contributed by atoms with E-state index in [1.807, 2.05) is 0 Å². The number of thiazole rings is 1. The molecule has 8 heteroatoms. The van der Waals surface area contributed by atoms with E-state index >= 15 is 0 Å². The first-order valence-corrected chi connectivity index (χ1v) is 10.5. The van der Waals surface area contributed by atoms with E-state index in [-0.39, 0.29) is 30.7 Å². The van der Waals surface area contributed by atoms with E-state index in [0.29, 0.717) is 35.2 Å². The molecule has 0 spiro atoms. The highest BCUT2D eigenvalue weighted by Crippen LogP contribution is 2.26. The highest BCUT2D eigenvalue weighted by Gasteiger charge is 2.24. The molecule has 1 aliphatic heterocycles. The van der Waals surface area contributed by atoms with E-state index in [4.69, 9.17) is 4.74 Å². The van der Waals surface area contributed by atoms with Crippen molar-refractivity contribution in [3.8, 4) is 5.75 Å². The lowest BCUT2D eigenvalue weighted by molar-refractivity contribution is -0.117. The number of nitrogens with zero attached hydrogens (tertiary/aromatic N) is 2. The fourth-order valence-corrected chi connectivity index (χ4v) is 4.05. The number of anilines is 2. The van der Waals surface area contributed by atoms with Gasteiger partial charge in [0.05, 0.1) is 12.1 Å². The van der Waals surface area contributed by atoms with Crippen molar-refractivity contribution in [2.24, 2.45) is 0 Å². The third-order valence-corrected chi connectivity index (χ3v) is 5.51. The van der Waals surface area contributed by atoms with E-state index in [1.54, 1.807) is 46.7 Å². The average Bonchev–Trinajstić information content (AvgIpc) is 3.35. The Morgan fingerprint density at radius 2 is 2.10 bits per heavy atom. The minimum absolute atomic E-state index is 0.0791. The van der Waals surface area contributed by atoms with Crippen LogP contribution in [0.3, 0.4) is 0 Å². The lowest BCUT2D eigenvalue weighted by Crippen LogP contribution is -2.23. The third kappa shape index (κ3) is 5.01. The summed E-state index contributed by atoms with van der Waals surface area (Å²) in [5.74, 6) is 0.134. The zero-order valence-corrected chi connectivity index (χ0v) is 17.0. The molecule has 154 valence electrons. The maximum absolute atomic E-state index is 13.3. The van der Waals surface area contributed by atoms with Crippen molar-refractivity contribution in [1.29, 1.82) is 0 Å². The summed E-state index contributed by atoms with van der Waals surface area (Å²) in [7, 11) is 0. The van der Waals surface area contributed by atoms with Crippen LogP contribution in [0.5, 0.6) is 5.75 Å². The van der Waals surface area contributed by atoms with Gasteiger partial charge in [0.25, 0.3) is 0 Å². The van der Waals surface area contributed by atoms with Gasteiger partial charge in [0.1, 0.15) is 18.2 Å². The second-order valence-corrected chi connectivity index (χ2v) is 7.78. The maximum atomic E-state index is 13.3. The van der Waals surface area contributed by atoms with E-state index < -0.39 is 0 Å². The van der Waals surface area contributed by atoms with Gasteiger partial charge in [-0.1, -0.05) is 18.2 Å². The molecule has 6 nitrogen and oxygen atoms in total. The van der Waals surface area contributed by atoms with Crippen molar-refractivity contribution in [3.63, 3.8) is 0 Å². The number of hydrogen-bond acceptors (Lipinski definition) is 5. The summed E-state index contributed by atoms with van der Waals surface area (Å²) in [6.45, 7) is 0.909. The molecule has 0 bridgehead atoms. The molecular weight excluding hydrogens is 405 g/mol. The summed E-state index contributed by atoms with van der Waals surface area (Å²) in [6, 6.07) is 13.2. The summed E-state index contributed by atoms with van der Waals surface area (Å²) in [4.78, 5) is 30.3. The van der Waals surface area contributed by atoms with Crippen LogP contribution in [0, 0.1) is 5.82 Å².